The molecular formula is C32H31ClN2O4S. The Morgan fingerprint density at radius 2 is 1.40 bits per heavy atom. The highest BCUT2D eigenvalue weighted by atomic mass is 35.5. The van der Waals surface area contributed by atoms with Crippen molar-refractivity contribution in [3.8, 4) is 0 Å². The average Bonchev–Trinajstić information content (AvgIpc) is 2.90. The van der Waals surface area contributed by atoms with Gasteiger partial charge in [-0.05, 0) is 78.4 Å². The van der Waals surface area contributed by atoms with E-state index >= 15 is 0 Å². The smallest absolute Gasteiger partial charge is 0.263 e. The van der Waals surface area contributed by atoms with E-state index in [2.05, 4.69) is 30.8 Å². The van der Waals surface area contributed by atoms with Gasteiger partial charge >= 0.3 is 0 Å². The van der Waals surface area contributed by atoms with Gasteiger partial charge in [0, 0.05) is 28.1 Å². The van der Waals surface area contributed by atoms with Crippen LogP contribution in [0, 0.1) is 13.8 Å². The van der Waals surface area contributed by atoms with Crippen molar-refractivity contribution >= 4 is 44.7 Å². The first-order valence-corrected chi connectivity index (χ1v) is 14.6. The Morgan fingerprint density at radius 3 is 2.05 bits per heavy atom. The van der Waals surface area contributed by atoms with Crippen LogP contribution in [0.1, 0.15) is 63.7 Å². The third-order valence-corrected chi connectivity index (χ3v) is 8.50. The maximum absolute atomic E-state index is 13.1. The van der Waals surface area contributed by atoms with E-state index in [4.69, 9.17) is 11.6 Å². The normalized spacial score (nSPS) is 11.7. The van der Waals surface area contributed by atoms with Crippen LogP contribution in [0.5, 0.6) is 0 Å². The van der Waals surface area contributed by atoms with Gasteiger partial charge in [-0.1, -0.05) is 74.8 Å². The van der Waals surface area contributed by atoms with Crippen LogP contribution >= 0.6 is 11.6 Å². The minimum absolute atomic E-state index is 0.0158. The van der Waals surface area contributed by atoms with Gasteiger partial charge in [-0.25, -0.2) is 8.42 Å². The molecule has 6 nitrogen and oxygen atoms in total. The summed E-state index contributed by atoms with van der Waals surface area (Å²) in [5.74, 6) is -0.715. The Kier molecular flexibility index (Phi) is 8.19. The highest BCUT2D eigenvalue weighted by Crippen LogP contribution is 2.27. The summed E-state index contributed by atoms with van der Waals surface area (Å²) in [6.07, 6.45) is 0. The van der Waals surface area contributed by atoms with Crippen LogP contribution in [-0.4, -0.2) is 20.1 Å². The first-order valence-electron chi connectivity index (χ1n) is 12.7. The van der Waals surface area contributed by atoms with Crippen molar-refractivity contribution in [1.29, 1.82) is 0 Å². The average molecular weight is 575 g/mol. The van der Waals surface area contributed by atoms with Crippen LogP contribution < -0.4 is 10.0 Å². The molecule has 0 bridgehead atoms. The second-order valence-corrected chi connectivity index (χ2v) is 12.8. The van der Waals surface area contributed by atoms with Gasteiger partial charge in [0.2, 0.25) is 0 Å². The fourth-order valence-corrected chi connectivity index (χ4v) is 5.67. The molecule has 0 saturated carbocycles. The number of hydrogen-bond acceptors (Lipinski definition) is 4. The molecule has 0 aliphatic heterocycles. The van der Waals surface area contributed by atoms with Gasteiger partial charge in [0.1, 0.15) is 4.90 Å². The number of halogens is 1. The van der Waals surface area contributed by atoms with Crippen LogP contribution in [0.2, 0.25) is 5.02 Å². The van der Waals surface area contributed by atoms with E-state index in [9.17, 15) is 18.0 Å². The molecule has 0 spiro atoms. The number of rotatable bonds is 7. The topological polar surface area (TPSA) is 92.3 Å². The molecule has 0 unspecified atom stereocenters. The van der Waals surface area contributed by atoms with Crippen LogP contribution in [0.3, 0.4) is 0 Å². The van der Waals surface area contributed by atoms with Gasteiger partial charge in [-0.15, -0.1) is 0 Å². The summed E-state index contributed by atoms with van der Waals surface area (Å²) in [4.78, 5) is 25.9. The molecular weight excluding hydrogens is 544 g/mol. The molecule has 0 fully saturated rings. The molecule has 4 aromatic rings. The lowest BCUT2D eigenvalue weighted by atomic mass is 9.86. The predicted molar refractivity (Wildman–Crippen MR) is 161 cm³/mol. The second kappa shape index (κ2) is 11.3. The highest BCUT2D eigenvalue weighted by molar-refractivity contribution is 7.92. The van der Waals surface area contributed by atoms with E-state index in [0.717, 1.165) is 16.7 Å². The molecule has 1 amide bonds. The number of aryl methyl sites for hydroxylation is 2. The molecule has 0 saturated heterocycles. The standard InChI is InChI=1S/C32H31ClN2O4S/c1-20-9-15-27(17-21(20)2)35-40(38,39)29-19-24(12-16-28(29)33)31(37)34-26-8-6-7-23(18-26)30(36)22-10-13-25(14-11-22)32(3,4)5/h6-19,35H,1-5H3,(H,34,37). The number of sulfonamides is 1. The molecule has 2 N–H and O–H groups in total. The molecule has 0 aliphatic rings. The quantitative estimate of drug-likeness (QED) is 0.223. The molecule has 206 valence electrons. The minimum atomic E-state index is -4.07. The van der Waals surface area contributed by atoms with E-state index in [0.29, 0.717) is 22.5 Å². The number of nitrogens with one attached hydrogen (secondary N) is 2. The molecule has 4 rings (SSSR count). The van der Waals surface area contributed by atoms with Gasteiger partial charge in [0.15, 0.2) is 5.78 Å². The third kappa shape index (κ3) is 6.61. The highest BCUT2D eigenvalue weighted by Gasteiger charge is 2.21. The van der Waals surface area contributed by atoms with Gasteiger partial charge in [0.05, 0.1) is 5.02 Å². The predicted octanol–water partition coefficient (Wildman–Crippen LogP) is 7.54. The Hall–Kier alpha value is -3.94. The Balaban J connectivity index is 1.53. The van der Waals surface area contributed by atoms with Crippen LogP contribution in [0.15, 0.2) is 89.8 Å². The maximum Gasteiger partial charge on any atom is 0.263 e. The number of carbonyl (C=O) groups excluding carboxylic acids is 2. The molecule has 0 atom stereocenters. The van der Waals surface area contributed by atoms with Crippen molar-refractivity contribution in [3.05, 3.63) is 123 Å². The maximum atomic E-state index is 13.1. The summed E-state index contributed by atoms with van der Waals surface area (Å²) >= 11 is 6.23. The molecule has 0 aromatic heterocycles. The SMILES string of the molecule is Cc1ccc(NS(=O)(=O)c2cc(C(=O)Nc3cccc(C(=O)c4ccc(C(C)(C)C)cc4)c3)ccc2Cl)cc1C. The van der Waals surface area contributed by atoms with Crippen molar-refractivity contribution in [2.24, 2.45) is 0 Å². The number of benzene rings is 4. The lowest BCUT2D eigenvalue weighted by Gasteiger charge is -2.19. The lowest BCUT2D eigenvalue weighted by molar-refractivity contribution is 0.102. The van der Waals surface area contributed by atoms with Crippen molar-refractivity contribution in [3.63, 3.8) is 0 Å². The summed E-state index contributed by atoms with van der Waals surface area (Å²) in [6.45, 7) is 10.1. The Morgan fingerprint density at radius 1 is 0.725 bits per heavy atom. The van der Waals surface area contributed by atoms with Crippen LogP contribution in [-0.2, 0) is 15.4 Å². The summed E-state index contributed by atoms with van der Waals surface area (Å²) in [7, 11) is -4.07. The first kappa shape index (κ1) is 29.1. The van der Waals surface area contributed by atoms with E-state index in [-0.39, 0.29) is 26.7 Å². The third-order valence-electron chi connectivity index (χ3n) is 6.64. The number of ketones is 1. The zero-order chi connectivity index (χ0) is 29.2. The minimum Gasteiger partial charge on any atom is -0.322 e. The summed E-state index contributed by atoms with van der Waals surface area (Å²) in [5, 5.41) is 2.73. The summed E-state index contributed by atoms with van der Waals surface area (Å²) in [5.41, 5.74) is 4.91. The summed E-state index contributed by atoms with van der Waals surface area (Å²) in [6, 6.07) is 23.3. The number of hydrogen-bond donors (Lipinski definition) is 2. The van der Waals surface area contributed by atoms with Gasteiger partial charge in [0.25, 0.3) is 15.9 Å². The zero-order valence-corrected chi connectivity index (χ0v) is 24.6. The fraction of sp³-hybridized carbons (Fsp3) is 0.188. The second-order valence-electron chi connectivity index (χ2n) is 10.7. The number of carbonyl (C=O) groups is 2. The van der Waals surface area contributed by atoms with E-state index in [1.807, 2.05) is 32.0 Å². The Bertz CT molecular complexity index is 1710. The number of anilines is 2. The first-order chi connectivity index (χ1) is 18.7. The number of amides is 1. The van der Waals surface area contributed by atoms with Crippen LogP contribution in [0.4, 0.5) is 11.4 Å². The van der Waals surface area contributed by atoms with Crippen molar-refractivity contribution in [1.82, 2.24) is 0 Å². The van der Waals surface area contributed by atoms with Gasteiger partial charge in [-0.3, -0.25) is 14.3 Å². The largest absolute Gasteiger partial charge is 0.322 e. The molecule has 0 radical (unpaired) electrons. The Labute approximate surface area is 240 Å². The fourth-order valence-electron chi connectivity index (χ4n) is 4.10. The van der Waals surface area contributed by atoms with E-state index in [1.54, 1.807) is 48.5 Å². The van der Waals surface area contributed by atoms with Gasteiger partial charge < -0.3 is 5.32 Å². The van der Waals surface area contributed by atoms with Gasteiger partial charge in [-0.2, -0.15) is 0 Å². The molecule has 4 aromatic carbocycles. The van der Waals surface area contributed by atoms with Crippen molar-refractivity contribution in [2.75, 3.05) is 10.0 Å². The van der Waals surface area contributed by atoms with E-state index in [1.165, 1.54) is 18.2 Å². The summed E-state index contributed by atoms with van der Waals surface area (Å²) < 4.78 is 28.8. The monoisotopic (exact) mass is 574 g/mol. The molecule has 40 heavy (non-hydrogen) atoms. The van der Waals surface area contributed by atoms with Crippen molar-refractivity contribution in [2.45, 2.75) is 44.9 Å². The molecule has 8 heteroatoms. The van der Waals surface area contributed by atoms with Crippen molar-refractivity contribution < 1.29 is 18.0 Å². The van der Waals surface area contributed by atoms with E-state index < -0.39 is 15.9 Å². The molecule has 0 heterocycles. The van der Waals surface area contributed by atoms with Crippen LogP contribution in [0.25, 0.3) is 0 Å². The lowest BCUT2D eigenvalue weighted by Crippen LogP contribution is -2.17. The molecule has 0 aliphatic carbocycles. The zero-order valence-electron chi connectivity index (χ0n) is 23.0.